The van der Waals surface area contributed by atoms with E-state index < -0.39 is 23.5 Å². The average molecular weight is 608 g/mol. The lowest BCUT2D eigenvalue weighted by molar-refractivity contribution is -0.138. The number of aryl methyl sites for hydroxylation is 1. The number of nitriles is 1. The van der Waals surface area contributed by atoms with Gasteiger partial charge in [0.05, 0.1) is 47.0 Å². The molecule has 0 saturated carbocycles. The van der Waals surface area contributed by atoms with Crippen molar-refractivity contribution in [2.24, 2.45) is 0 Å². The Kier molecular flexibility index (Phi) is 9.39. The van der Waals surface area contributed by atoms with Crippen LogP contribution in [0.15, 0.2) is 49.2 Å². The Morgan fingerprint density at radius 3 is 2.55 bits per heavy atom. The van der Waals surface area contributed by atoms with Crippen molar-refractivity contribution >= 4 is 39.8 Å². The molecule has 14 heteroatoms. The van der Waals surface area contributed by atoms with Gasteiger partial charge < -0.3 is 25.2 Å². The van der Waals surface area contributed by atoms with Gasteiger partial charge in [-0.25, -0.2) is 9.67 Å². The van der Waals surface area contributed by atoms with Crippen LogP contribution in [0, 0.1) is 11.3 Å². The van der Waals surface area contributed by atoms with E-state index in [1.54, 1.807) is 24.3 Å². The molecule has 0 fully saturated rings. The number of nitrogens with one attached hydrogen (secondary N) is 2. The van der Waals surface area contributed by atoms with Crippen LogP contribution < -0.4 is 20.3 Å². The molecule has 1 amide bonds. The number of rotatable bonds is 11. The first-order chi connectivity index (χ1) is 20.9. The second-order valence-corrected chi connectivity index (χ2v) is 10.1. The number of ether oxygens (including phenoxy) is 1. The van der Waals surface area contributed by atoms with Crippen molar-refractivity contribution in [3.05, 3.63) is 66.0 Å². The normalized spacial score (nSPS) is 11.4. The van der Waals surface area contributed by atoms with E-state index in [-0.39, 0.29) is 5.95 Å². The highest BCUT2D eigenvalue weighted by molar-refractivity contribution is 6.02. The number of methoxy groups -OCH3 is 1. The number of carbonyl (C=O) groups excluding carboxylic acids is 1. The molecule has 4 rings (SSSR count). The van der Waals surface area contributed by atoms with Gasteiger partial charge in [-0.1, -0.05) is 13.5 Å². The third-order valence-electron chi connectivity index (χ3n) is 6.80. The number of hydrogen-bond acceptors (Lipinski definition) is 9. The Morgan fingerprint density at radius 2 is 1.93 bits per heavy atom. The second kappa shape index (κ2) is 13.0. The van der Waals surface area contributed by atoms with Gasteiger partial charge in [0, 0.05) is 37.8 Å². The van der Waals surface area contributed by atoms with Crippen molar-refractivity contribution in [2.75, 3.05) is 56.9 Å². The molecule has 0 unspecified atom stereocenters. The monoisotopic (exact) mass is 607 g/mol. The largest absolute Gasteiger partial charge is 0.494 e. The number of nitrogens with zero attached hydrogens (tertiary/aromatic N) is 7. The number of fused-ring (bicyclic) bond motifs is 1. The SMILES string of the molecule is C=CC(=O)Nc1cc(Nc2ncc(C(F)(F)F)c(-n3nc(CC)c4cc(C#N)ccc43)n2)c(OC)cc1N(C)CCN(C)C. The first-order valence-electron chi connectivity index (χ1n) is 13.5. The van der Waals surface area contributed by atoms with E-state index in [0.29, 0.717) is 64.1 Å². The van der Waals surface area contributed by atoms with Crippen LogP contribution in [0.3, 0.4) is 0 Å². The van der Waals surface area contributed by atoms with Crippen LogP contribution in [0.1, 0.15) is 23.7 Å². The number of alkyl halides is 3. The summed E-state index contributed by atoms with van der Waals surface area (Å²) in [7, 11) is 7.19. The van der Waals surface area contributed by atoms with Crippen LogP contribution in [-0.2, 0) is 17.4 Å². The quantitative estimate of drug-likeness (QED) is 0.223. The van der Waals surface area contributed by atoms with Crippen LogP contribution in [-0.4, -0.2) is 71.9 Å². The molecule has 2 aromatic heterocycles. The van der Waals surface area contributed by atoms with E-state index in [4.69, 9.17) is 4.74 Å². The molecule has 2 N–H and O–H groups in total. The number of hydrogen-bond donors (Lipinski definition) is 2. The third-order valence-corrected chi connectivity index (χ3v) is 6.80. The molecule has 2 heterocycles. The van der Waals surface area contributed by atoms with Gasteiger partial charge in [0.25, 0.3) is 0 Å². The Bertz CT molecular complexity index is 1740. The number of carbonyl (C=O) groups is 1. The first-order valence-corrected chi connectivity index (χ1v) is 13.5. The number of halogens is 3. The molecule has 4 aromatic rings. The van der Waals surface area contributed by atoms with Crippen molar-refractivity contribution in [1.29, 1.82) is 5.26 Å². The number of aromatic nitrogens is 4. The summed E-state index contributed by atoms with van der Waals surface area (Å²) in [5.74, 6) is -0.784. The summed E-state index contributed by atoms with van der Waals surface area (Å²) in [5, 5.41) is 20.0. The van der Waals surface area contributed by atoms with Gasteiger partial charge in [-0.2, -0.15) is 28.5 Å². The zero-order valence-corrected chi connectivity index (χ0v) is 25.0. The highest BCUT2D eigenvalue weighted by Crippen LogP contribution is 2.39. The van der Waals surface area contributed by atoms with E-state index in [1.165, 1.54) is 13.2 Å². The van der Waals surface area contributed by atoms with Crippen LogP contribution in [0.2, 0.25) is 0 Å². The van der Waals surface area contributed by atoms with Gasteiger partial charge in [-0.3, -0.25) is 4.79 Å². The van der Waals surface area contributed by atoms with Crippen LogP contribution in [0.4, 0.5) is 36.2 Å². The van der Waals surface area contributed by atoms with Crippen molar-refractivity contribution in [3.8, 4) is 17.6 Å². The van der Waals surface area contributed by atoms with Crippen molar-refractivity contribution in [2.45, 2.75) is 19.5 Å². The van der Waals surface area contributed by atoms with E-state index in [0.717, 1.165) is 17.3 Å². The molecule has 0 aliphatic rings. The molecule has 0 aliphatic carbocycles. The van der Waals surface area contributed by atoms with Crippen LogP contribution >= 0.6 is 0 Å². The predicted molar refractivity (Wildman–Crippen MR) is 163 cm³/mol. The average Bonchev–Trinajstić information content (AvgIpc) is 3.37. The van der Waals surface area contributed by atoms with Gasteiger partial charge >= 0.3 is 6.18 Å². The topological polar surface area (TPSA) is 124 Å². The minimum atomic E-state index is -4.79. The standard InChI is InChI=1S/C30H32F3N9O2/c1-7-21-19-13-18(16-34)9-10-24(19)42(39-21)28-20(30(31,32)33)17-35-29(38-28)37-23-14-22(36-27(43)8-2)25(15-26(23)44-6)41(5)12-11-40(3)4/h8-10,13-15,17H,2,7,11-12H2,1,3-6H3,(H,36,43)(H,35,37,38). The molecule has 0 spiro atoms. The molecule has 2 aromatic carbocycles. The zero-order valence-electron chi connectivity index (χ0n) is 25.0. The number of benzene rings is 2. The minimum absolute atomic E-state index is 0.170. The van der Waals surface area contributed by atoms with Crippen LogP contribution in [0.5, 0.6) is 5.75 Å². The fourth-order valence-corrected chi connectivity index (χ4v) is 4.49. The van der Waals surface area contributed by atoms with Crippen molar-refractivity contribution < 1.29 is 22.7 Å². The van der Waals surface area contributed by atoms with E-state index >= 15 is 0 Å². The van der Waals surface area contributed by atoms with Gasteiger partial charge in [0.15, 0.2) is 5.82 Å². The maximum Gasteiger partial charge on any atom is 0.421 e. The van der Waals surface area contributed by atoms with Crippen molar-refractivity contribution in [3.63, 3.8) is 0 Å². The molecule has 0 atom stereocenters. The summed E-state index contributed by atoms with van der Waals surface area (Å²) in [6, 6.07) is 9.97. The van der Waals surface area contributed by atoms with Gasteiger partial charge in [0.2, 0.25) is 11.9 Å². The fraction of sp³-hybridized carbons (Fsp3) is 0.300. The number of anilines is 4. The lowest BCUT2D eigenvalue weighted by Gasteiger charge is -2.26. The molecule has 0 saturated heterocycles. The smallest absolute Gasteiger partial charge is 0.421 e. The molecule has 44 heavy (non-hydrogen) atoms. The summed E-state index contributed by atoms with van der Waals surface area (Å²) >= 11 is 0. The predicted octanol–water partition coefficient (Wildman–Crippen LogP) is 5.14. The lowest BCUT2D eigenvalue weighted by Crippen LogP contribution is -2.29. The lowest BCUT2D eigenvalue weighted by atomic mass is 10.1. The Balaban J connectivity index is 1.85. The molecule has 0 aliphatic heterocycles. The molecule has 11 nitrogen and oxygen atoms in total. The number of likely N-dealkylation sites (N-methyl/N-ethyl adjacent to an activating group) is 2. The van der Waals surface area contributed by atoms with E-state index in [1.807, 2.05) is 43.9 Å². The zero-order chi connectivity index (χ0) is 32.2. The molecular weight excluding hydrogens is 575 g/mol. The highest BCUT2D eigenvalue weighted by Gasteiger charge is 2.37. The van der Waals surface area contributed by atoms with E-state index in [9.17, 15) is 23.2 Å². The Labute approximate surface area is 252 Å². The van der Waals surface area contributed by atoms with Gasteiger partial charge in [-0.15, -0.1) is 0 Å². The van der Waals surface area contributed by atoms with Crippen molar-refractivity contribution in [1.82, 2.24) is 24.6 Å². The Hall–Kier alpha value is -5.16. The number of amides is 1. The molecular formula is C30H32F3N9O2. The minimum Gasteiger partial charge on any atom is -0.494 e. The summed E-state index contributed by atoms with van der Waals surface area (Å²) in [6.07, 6.45) is -2.56. The van der Waals surface area contributed by atoms with Crippen LogP contribution in [0.25, 0.3) is 16.7 Å². The van der Waals surface area contributed by atoms with Gasteiger partial charge in [-0.05, 0) is 50.9 Å². The molecule has 0 radical (unpaired) electrons. The summed E-state index contributed by atoms with van der Waals surface area (Å²) in [5.41, 5.74) is 1.47. The maximum absolute atomic E-state index is 14.2. The second-order valence-electron chi connectivity index (χ2n) is 10.1. The summed E-state index contributed by atoms with van der Waals surface area (Å²) in [4.78, 5) is 24.4. The molecule has 0 bridgehead atoms. The van der Waals surface area contributed by atoms with E-state index in [2.05, 4.69) is 32.3 Å². The highest BCUT2D eigenvalue weighted by atomic mass is 19.4. The third kappa shape index (κ3) is 6.73. The first kappa shape index (κ1) is 31.8. The Morgan fingerprint density at radius 1 is 1.18 bits per heavy atom. The summed E-state index contributed by atoms with van der Waals surface area (Å²) in [6.45, 7) is 6.69. The summed E-state index contributed by atoms with van der Waals surface area (Å²) < 4.78 is 49.3. The fourth-order valence-electron chi connectivity index (χ4n) is 4.49. The van der Waals surface area contributed by atoms with Gasteiger partial charge in [0.1, 0.15) is 11.3 Å². The molecule has 230 valence electrons. The maximum atomic E-state index is 14.2.